The summed E-state index contributed by atoms with van der Waals surface area (Å²) in [6.07, 6.45) is 2.67. The SMILES string of the molecule is CCCc1nc(Br)cc(Cc2ccc3ccccc3n2)n1. The Morgan fingerprint density at radius 1 is 0.952 bits per heavy atom. The Hall–Kier alpha value is -1.81. The molecule has 3 nitrogen and oxygen atoms in total. The van der Waals surface area contributed by atoms with Crippen molar-refractivity contribution in [2.45, 2.75) is 26.2 Å². The van der Waals surface area contributed by atoms with Crippen LogP contribution in [0.25, 0.3) is 10.9 Å². The molecule has 0 atom stereocenters. The summed E-state index contributed by atoms with van der Waals surface area (Å²) in [5.74, 6) is 0.891. The van der Waals surface area contributed by atoms with Gasteiger partial charge in [-0.1, -0.05) is 31.2 Å². The van der Waals surface area contributed by atoms with Crippen LogP contribution in [0.2, 0.25) is 0 Å². The summed E-state index contributed by atoms with van der Waals surface area (Å²) in [7, 11) is 0. The molecular weight excluding hydrogens is 326 g/mol. The van der Waals surface area contributed by atoms with E-state index in [9.17, 15) is 0 Å². The number of para-hydroxylation sites is 1. The minimum absolute atomic E-state index is 0.725. The van der Waals surface area contributed by atoms with E-state index in [0.29, 0.717) is 0 Å². The predicted molar refractivity (Wildman–Crippen MR) is 88.3 cm³/mol. The highest BCUT2D eigenvalue weighted by Crippen LogP contribution is 2.16. The first-order chi connectivity index (χ1) is 10.2. The molecule has 0 radical (unpaired) electrons. The van der Waals surface area contributed by atoms with Gasteiger partial charge < -0.3 is 0 Å². The van der Waals surface area contributed by atoms with Gasteiger partial charge in [0.05, 0.1) is 11.2 Å². The number of rotatable bonds is 4. The van der Waals surface area contributed by atoms with Gasteiger partial charge in [-0.05, 0) is 40.5 Å². The molecular formula is C17H16BrN3. The van der Waals surface area contributed by atoms with Crippen LogP contribution >= 0.6 is 15.9 Å². The summed E-state index contributed by atoms with van der Waals surface area (Å²) < 4.78 is 0.844. The first-order valence-corrected chi connectivity index (χ1v) is 7.91. The fourth-order valence-electron chi connectivity index (χ4n) is 2.33. The topological polar surface area (TPSA) is 38.7 Å². The van der Waals surface area contributed by atoms with Crippen LogP contribution in [0.1, 0.15) is 30.6 Å². The van der Waals surface area contributed by atoms with Crippen molar-refractivity contribution < 1.29 is 0 Å². The first kappa shape index (κ1) is 14.1. The van der Waals surface area contributed by atoms with Crippen LogP contribution in [0.15, 0.2) is 47.1 Å². The molecule has 2 heterocycles. The molecule has 1 aromatic carbocycles. The third kappa shape index (κ3) is 3.45. The van der Waals surface area contributed by atoms with E-state index in [4.69, 9.17) is 4.98 Å². The normalized spacial score (nSPS) is 11.0. The van der Waals surface area contributed by atoms with Crippen molar-refractivity contribution in [1.29, 1.82) is 0 Å². The van der Waals surface area contributed by atoms with E-state index in [2.05, 4.69) is 51.0 Å². The maximum absolute atomic E-state index is 4.70. The van der Waals surface area contributed by atoms with Crippen molar-refractivity contribution >= 4 is 26.8 Å². The summed E-state index contributed by atoms with van der Waals surface area (Å²) in [4.78, 5) is 13.7. The van der Waals surface area contributed by atoms with Gasteiger partial charge in [-0.15, -0.1) is 0 Å². The van der Waals surface area contributed by atoms with Gasteiger partial charge in [-0.2, -0.15) is 0 Å². The van der Waals surface area contributed by atoms with Crippen LogP contribution in [-0.2, 0) is 12.8 Å². The first-order valence-electron chi connectivity index (χ1n) is 7.11. The number of nitrogens with zero attached hydrogens (tertiary/aromatic N) is 3. The summed E-state index contributed by atoms with van der Waals surface area (Å²) >= 11 is 3.46. The number of benzene rings is 1. The van der Waals surface area contributed by atoms with E-state index in [1.54, 1.807) is 0 Å². The molecule has 0 spiro atoms. The number of hydrogen-bond donors (Lipinski definition) is 0. The summed E-state index contributed by atoms with van der Waals surface area (Å²) in [6, 6.07) is 14.3. The molecule has 0 saturated carbocycles. The number of hydrogen-bond acceptors (Lipinski definition) is 3. The highest BCUT2D eigenvalue weighted by atomic mass is 79.9. The second kappa shape index (κ2) is 6.31. The monoisotopic (exact) mass is 341 g/mol. The maximum atomic E-state index is 4.70. The zero-order valence-corrected chi connectivity index (χ0v) is 13.5. The molecule has 21 heavy (non-hydrogen) atoms. The second-order valence-corrected chi connectivity index (χ2v) is 5.83. The average Bonchev–Trinajstić information content (AvgIpc) is 2.47. The lowest BCUT2D eigenvalue weighted by molar-refractivity contribution is 0.809. The zero-order valence-electron chi connectivity index (χ0n) is 11.9. The lowest BCUT2D eigenvalue weighted by atomic mass is 10.1. The van der Waals surface area contributed by atoms with Gasteiger partial charge >= 0.3 is 0 Å². The molecule has 0 fully saturated rings. The van der Waals surface area contributed by atoms with E-state index in [1.165, 1.54) is 0 Å². The molecule has 0 unspecified atom stereocenters. The van der Waals surface area contributed by atoms with Gasteiger partial charge in [-0.25, -0.2) is 9.97 Å². The number of aromatic nitrogens is 3. The molecule has 2 aromatic heterocycles. The smallest absolute Gasteiger partial charge is 0.129 e. The fraction of sp³-hybridized carbons (Fsp3) is 0.235. The van der Waals surface area contributed by atoms with Gasteiger partial charge in [0.2, 0.25) is 0 Å². The van der Waals surface area contributed by atoms with Crippen molar-refractivity contribution in [3.05, 3.63) is 64.3 Å². The second-order valence-electron chi connectivity index (χ2n) is 5.02. The lowest BCUT2D eigenvalue weighted by Gasteiger charge is -2.05. The Kier molecular flexibility index (Phi) is 4.25. The van der Waals surface area contributed by atoms with E-state index >= 15 is 0 Å². The Bertz CT molecular complexity index is 771. The van der Waals surface area contributed by atoms with Crippen LogP contribution in [0.4, 0.5) is 0 Å². The van der Waals surface area contributed by atoms with E-state index < -0.39 is 0 Å². The minimum Gasteiger partial charge on any atom is -0.252 e. The Labute approximate surface area is 132 Å². The lowest BCUT2D eigenvalue weighted by Crippen LogP contribution is -2.02. The largest absolute Gasteiger partial charge is 0.252 e. The van der Waals surface area contributed by atoms with Crippen LogP contribution in [0, 0.1) is 0 Å². The third-order valence-electron chi connectivity index (χ3n) is 3.29. The van der Waals surface area contributed by atoms with Gasteiger partial charge in [0.25, 0.3) is 0 Å². The van der Waals surface area contributed by atoms with Crippen molar-refractivity contribution in [2.24, 2.45) is 0 Å². The molecule has 3 rings (SSSR count). The van der Waals surface area contributed by atoms with Crippen molar-refractivity contribution in [1.82, 2.24) is 15.0 Å². The maximum Gasteiger partial charge on any atom is 0.129 e. The molecule has 3 aromatic rings. The van der Waals surface area contributed by atoms with Gasteiger partial charge in [-0.3, -0.25) is 4.98 Å². The number of pyridine rings is 1. The molecule has 0 amide bonds. The molecule has 0 aliphatic heterocycles. The third-order valence-corrected chi connectivity index (χ3v) is 3.69. The number of fused-ring (bicyclic) bond motifs is 1. The van der Waals surface area contributed by atoms with Gasteiger partial charge in [0, 0.05) is 23.9 Å². The molecule has 106 valence electrons. The molecule has 0 aliphatic carbocycles. The molecule has 0 bridgehead atoms. The molecule has 4 heteroatoms. The number of aryl methyl sites for hydroxylation is 1. The minimum atomic E-state index is 0.725. The standard InChI is InChI=1S/C17H16BrN3/c1-2-5-17-20-14(11-16(18)21-17)10-13-9-8-12-6-3-4-7-15(12)19-13/h3-4,6-9,11H,2,5,10H2,1H3. The Morgan fingerprint density at radius 3 is 2.67 bits per heavy atom. The van der Waals surface area contributed by atoms with E-state index in [-0.39, 0.29) is 0 Å². The fourth-order valence-corrected chi connectivity index (χ4v) is 2.80. The van der Waals surface area contributed by atoms with Crippen LogP contribution in [-0.4, -0.2) is 15.0 Å². The summed E-state index contributed by atoms with van der Waals surface area (Å²) in [5.41, 5.74) is 3.06. The van der Waals surface area contributed by atoms with Crippen LogP contribution in [0.5, 0.6) is 0 Å². The molecule has 0 saturated heterocycles. The van der Waals surface area contributed by atoms with E-state index in [0.717, 1.165) is 52.0 Å². The quantitative estimate of drug-likeness (QED) is 0.663. The summed E-state index contributed by atoms with van der Waals surface area (Å²) in [5, 5.41) is 1.16. The summed E-state index contributed by atoms with van der Waals surface area (Å²) in [6.45, 7) is 2.13. The molecule has 0 aliphatic rings. The van der Waals surface area contributed by atoms with Crippen molar-refractivity contribution in [3.8, 4) is 0 Å². The van der Waals surface area contributed by atoms with Crippen molar-refractivity contribution in [3.63, 3.8) is 0 Å². The average molecular weight is 342 g/mol. The highest BCUT2D eigenvalue weighted by Gasteiger charge is 2.05. The predicted octanol–water partition coefficient (Wildman–Crippen LogP) is 4.33. The Morgan fingerprint density at radius 2 is 1.81 bits per heavy atom. The number of halogens is 1. The zero-order chi connectivity index (χ0) is 14.7. The van der Waals surface area contributed by atoms with Gasteiger partial charge in [0.1, 0.15) is 10.4 Å². The van der Waals surface area contributed by atoms with Crippen LogP contribution < -0.4 is 0 Å². The van der Waals surface area contributed by atoms with Gasteiger partial charge in [0.15, 0.2) is 0 Å². The molecule has 0 N–H and O–H groups in total. The highest BCUT2D eigenvalue weighted by molar-refractivity contribution is 9.10. The van der Waals surface area contributed by atoms with Crippen LogP contribution in [0.3, 0.4) is 0 Å². The Balaban J connectivity index is 1.90. The van der Waals surface area contributed by atoms with Crippen molar-refractivity contribution in [2.75, 3.05) is 0 Å². The van der Waals surface area contributed by atoms with E-state index in [1.807, 2.05) is 24.3 Å².